The lowest BCUT2D eigenvalue weighted by molar-refractivity contribution is -0.198. The molecule has 0 radical (unpaired) electrons. The summed E-state index contributed by atoms with van der Waals surface area (Å²) < 4.78 is 53.9. The second kappa shape index (κ2) is 13.0. The second-order valence-electron chi connectivity index (χ2n) is 9.33. The predicted octanol–water partition coefficient (Wildman–Crippen LogP) is 5.61. The molecule has 1 aliphatic carbocycles. The van der Waals surface area contributed by atoms with Crippen LogP contribution in [0.2, 0.25) is 5.02 Å². The fourth-order valence-corrected chi connectivity index (χ4v) is 4.87. The zero-order valence-electron chi connectivity index (χ0n) is 20.8. The Bertz CT molecular complexity index is 1260. The number of aliphatic carboxylic acids is 1. The average molecular weight is 589 g/mol. The van der Waals surface area contributed by atoms with Crippen LogP contribution in [0.1, 0.15) is 55.0 Å². The van der Waals surface area contributed by atoms with Gasteiger partial charge >= 0.3 is 12.1 Å². The Morgan fingerprint density at radius 1 is 1.21 bits per heavy atom. The lowest BCUT2D eigenvalue weighted by Gasteiger charge is -2.26. The third-order valence-corrected chi connectivity index (χ3v) is 6.85. The molecule has 3 atom stereocenters. The van der Waals surface area contributed by atoms with Gasteiger partial charge in [-0.25, -0.2) is 4.98 Å². The number of aromatic nitrogens is 2. The highest BCUT2D eigenvalue weighted by molar-refractivity contribution is 6.30. The van der Waals surface area contributed by atoms with Crippen molar-refractivity contribution in [2.24, 2.45) is 11.7 Å². The maximum Gasteiger partial charge on any atom is 0.429 e. The van der Waals surface area contributed by atoms with Crippen molar-refractivity contribution in [2.45, 2.75) is 50.4 Å². The summed E-state index contributed by atoms with van der Waals surface area (Å²) in [5.74, 6) is -1.51. The van der Waals surface area contributed by atoms with E-state index < -0.39 is 24.3 Å². The normalized spacial score (nSPS) is 19.3. The molecular weight excluding hydrogens is 560 g/mol. The van der Waals surface area contributed by atoms with E-state index in [1.165, 1.54) is 24.3 Å². The lowest BCUT2D eigenvalue weighted by atomic mass is 9.84. The van der Waals surface area contributed by atoms with Crippen molar-refractivity contribution in [1.29, 1.82) is 0 Å². The van der Waals surface area contributed by atoms with Gasteiger partial charge in [-0.2, -0.15) is 18.2 Å². The molecule has 212 valence electrons. The summed E-state index contributed by atoms with van der Waals surface area (Å²) in [7, 11) is 0. The number of nitrogen functional groups attached to an aromatic ring is 1. The zero-order valence-corrected chi connectivity index (χ0v) is 22.4. The minimum Gasteiger partial charge on any atom is -0.480 e. The molecule has 4 rings (SSSR count). The molecular formula is C26H29Cl2F3N4O4. The number of rotatable bonds is 8. The van der Waals surface area contributed by atoms with E-state index in [4.69, 9.17) is 37.6 Å². The van der Waals surface area contributed by atoms with E-state index in [-0.39, 0.29) is 35.7 Å². The molecule has 1 aromatic carbocycles. The molecule has 13 heteroatoms. The van der Waals surface area contributed by atoms with E-state index in [0.717, 1.165) is 5.57 Å². The number of carbonyl (C=O) groups is 1. The fraction of sp³-hybridized carbons (Fsp3) is 0.423. The topological polar surface area (TPSA) is 134 Å². The second-order valence-corrected chi connectivity index (χ2v) is 9.76. The van der Waals surface area contributed by atoms with E-state index in [1.54, 1.807) is 6.08 Å². The number of alkyl halides is 3. The van der Waals surface area contributed by atoms with Crippen LogP contribution < -0.4 is 16.2 Å². The van der Waals surface area contributed by atoms with Gasteiger partial charge in [0.25, 0.3) is 0 Å². The molecule has 0 saturated carbocycles. The first-order chi connectivity index (χ1) is 18.0. The summed E-state index contributed by atoms with van der Waals surface area (Å²) in [6, 6.07) is 4.59. The number of allylic oxidation sites excluding steroid dienone is 2. The van der Waals surface area contributed by atoms with Crippen molar-refractivity contribution >= 4 is 47.1 Å². The minimum atomic E-state index is -4.77. The van der Waals surface area contributed by atoms with Crippen LogP contribution in [0.25, 0.3) is 11.1 Å². The molecule has 2 heterocycles. The number of hydrogen-bond donors (Lipinski definition) is 3. The molecule has 8 nitrogen and oxygen atoms in total. The first-order valence-corrected chi connectivity index (χ1v) is 12.5. The van der Waals surface area contributed by atoms with Crippen molar-refractivity contribution < 1.29 is 32.5 Å². The van der Waals surface area contributed by atoms with Crippen LogP contribution in [0, 0.1) is 5.92 Å². The Hall–Kier alpha value is -2.86. The number of nitrogens with two attached hydrogens (primary N) is 2. The van der Waals surface area contributed by atoms with E-state index in [1.807, 2.05) is 6.08 Å². The van der Waals surface area contributed by atoms with Gasteiger partial charge in [0.2, 0.25) is 17.9 Å². The van der Waals surface area contributed by atoms with Crippen molar-refractivity contribution in [2.75, 3.05) is 18.9 Å². The Kier molecular flexibility index (Phi) is 10.2. The molecule has 0 bridgehead atoms. The van der Waals surface area contributed by atoms with Crippen molar-refractivity contribution in [3.8, 4) is 5.88 Å². The highest BCUT2D eigenvalue weighted by Gasteiger charge is 2.45. The van der Waals surface area contributed by atoms with Crippen molar-refractivity contribution in [3.63, 3.8) is 0 Å². The summed E-state index contributed by atoms with van der Waals surface area (Å²) in [4.78, 5) is 19.2. The SMILES string of the molecule is Cl.Nc1nc(OC(c2ccc(Cl)cc2C2=CCOCC2)C(F)(F)F)cc(C2=CCC(CC(N)C(=O)O)CC2)n1. The van der Waals surface area contributed by atoms with Gasteiger partial charge in [-0.05, 0) is 66.9 Å². The van der Waals surface area contributed by atoms with Gasteiger partial charge in [-0.15, -0.1) is 12.4 Å². The largest absolute Gasteiger partial charge is 0.480 e. The molecule has 2 aliphatic rings. The Morgan fingerprint density at radius 3 is 2.59 bits per heavy atom. The number of nitrogens with zero attached hydrogens (tertiary/aromatic N) is 2. The maximum absolute atomic E-state index is 14.4. The molecule has 1 aromatic heterocycles. The quantitative estimate of drug-likeness (QED) is 0.362. The molecule has 39 heavy (non-hydrogen) atoms. The van der Waals surface area contributed by atoms with Gasteiger partial charge in [0.1, 0.15) is 6.04 Å². The van der Waals surface area contributed by atoms with Crippen LogP contribution in [0.5, 0.6) is 5.88 Å². The number of carboxylic acid groups (broad SMARTS) is 1. The smallest absolute Gasteiger partial charge is 0.429 e. The van der Waals surface area contributed by atoms with Gasteiger partial charge in [-0.1, -0.05) is 29.8 Å². The van der Waals surface area contributed by atoms with Crippen LogP contribution in [-0.2, 0) is 9.53 Å². The summed E-state index contributed by atoms with van der Waals surface area (Å²) in [6.07, 6.45) is -0.957. The standard InChI is InChI=1S/C26H28ClF3N4O4.ClH/c27-17-5-6-18(19(12-17)15-7-9-37-10-8-15)23(26(28,29)30)38-22-13-21(33-25(32)34-22)16-3-1-14(2-4-16)11-20(31)24(35)36;/h3,5-7,12-14,20,23H,1-2,4,8-11,31H2,(H,35,36)(H2,32,33,34);1H. The number of anilines is 1. The molecule has 2 aromatic rings. The highest BCUT2D eigenvalue weighted by Crippen LogP contribution is 2.42. The van der Waals surface area contributed by atoms with Gasteiger partial charge in [0.15, 0.2) is 0 Å². The minimum absolute atomic E-state index is 0. The Labute approximate surface area is 234 Å². The third kappa shape index (κ3) is 7.84. The number of carboxylic acids is 1. The monoisotopic (exact) mass is 588 g/mol. The van der Waals surface area contributed by atoms with Crippen molar-refractivity contribution in [3.05, 3.63) is 58.3 Å². The Morgan fingerprint density at radius 2 is 1.97 bits per heavy atom. The zero-order chi connectivity index (χ0) is 27.4. The lowest BCUT2D eigenvalue weighted by Crippen LogP contribution is -2.32. The number of hydrogen-bond acceptors (Lipinski definition) is 7. The molecule has 5 N–H and O–H groups in total. The predicted molar refractivity (Wildman–Crippen MR) is 144 cm³/mol. The first kappa shape index (κ1) is 30.7. The van der Waals surface area contributed by atoms with Crippen LogP contribution in [0.15, 0.2) is 36.4 Å². The maximum atomic E-state index is 14.4. The van der Waals surface area contributed by atoms with E-state index in [2.05, 4.69) is 9.97 Å². The van der Waals surface area contributed by atoms with Gasteiger partial charge in [0, 0.05) is 16.7 Å². The van der Waals surface area contributed by atoms with Gasteiger partial charge in [0.05, 0.1) is 18.9 Å². The molecule has 0 spiro atoms. The number of ether oxygens (including phenoxy) is 2. The van der Waals surface area contributed by atoms with E-state index >= 15 is 0 Å². The van der Waals surface area contributed by atoms with E-state index in [0.29, 0.717) is 67.2 Å². The van der Waals surface area contributed by atoms with Crippen LogP contribution >= 0.6 is 24.0 Å². The highest BCUT2D eigenvalue weighted by atomic mass is 35.5. The summed E-state index contributed by atoms with van der Waals surface area (Å²) in [5, 5.41) is 9.34. The van der Waals surface area contributed by atoms with Crippen molar-refractivity contribution in [1.82, 2.24) is 9.97 Å². The first-order valence-electron chi connectivity index (χ1n) is 12.1. The van der Waals surface area contributed by atoms with Gasteiger partial charge < -0.3 is 26.0 Å². The van der Waals surface area contributed by atoms with Crippen LogP contribution in [-0.4, -0.2) is 46.5 Å². The van der Waals surface area contributed by atoms with E-state index in [9.17, 15) is 18.0 Å². The average Bonchev–Trinajstić information content (AvgIpc) is 2.87. The Balaban J connectivity index is 0.00000420. The summed E-state index contributed by atoms with van der Waals surface area (Å²) >= 11 is 6.14. The molecule has 0 fully saturated rings. The van der Waals surface area contributed by atoms with Gasteiger partial charge in [-0.3, -0.25) is 4.79 Å². The van der Waals surface area contributed by atoms with Crippen LogP contribution in [0.3, 0.4) is 0 Å². The molecule has 0 saturated heterocycles. The number of halogens is 5. The number of benzene rings is 1. The molecule has 0 amide bonds. The molecule has 1 aliphatic heterocycles. The van der Waals surface area contributed by atoms with Crippen LogP contribution in [0.4, 0.5) is 19.1 Å². The summed E-state index contributed by atoms with van der Waals surface area (Å²) in [5.41, 5.74) is 13.6. The molecule has 3 unspecified atom stereocenters. The summed E-state index contributed by atoms with van der Waals surface area (Å²) in [6.45, 7) is 0.683. The fourth-order valence-electron chi connectivity index (χ4n) is 4.70. The third-order valence-electron chi connectivity index (χ3n) is 6.62.